The lowest BCUT2D eigenvalue weighted by atomic mass is 9.99. The Kier molecular flexibility index (Phi) is 6.95. The molecule has 0 radical (unpaired) electrons. The Morgan fingerprint density at radius 1 is 1.16 bits per heavy atom. The second-order valence-corrected chi connectivity index (χ2v) is 11.6. The first kappa shape index (κ1) is 26.8. The van der Waals surface area contributed by atoms with E-state index in [1.54, 1.807) is 25.1 Å². The average Bonchev–Trinajstić information content (AvgIpc) is 2.88. The lowest BCUT2D eigenvalue weighted by Gasteiger charge is -2.27. The lowest BCUT2D eigenvalue weighted by Crippen LogP contribution is -2.42. The molecule has 2 heterocycles. The third-order valence-electron chi connectivity index (χ3n) is 6.24. The van der Waals surface area contributed by atoms with Gasteiger partial charge in [-0.25, -0.2) is 27.0 Å². The third-order valence-corrected chi connectivity index (χ3v) is 8.54. The molecule has 0 bridgehead atoms. The molecule has 0 spiro atoms. The number of pyridine rings is 1. The van der Waals surface area contributed by atoms with Gasteiger partial charge >= 0.3 is 5.63 Å². The summed E-state index contributed by atoms with van der Waals surface area (Å²) in [4.78, 5) is 16.7. The van der Waals surface area contributed by atoms with Crippen LogP contribution in [0.25, 0.3) is 11.0 Å². The first-order chi connectivity index (χ1) is 17.9. The molecule has 0 aliphatic heterocycles. The number of aromatic nitrogens is 1. The molecule has 8 nitrogen and oxygen atoms in total. The Bertz CT molecular complexity index is 1760. The normalized spacial score (nSPS) is 11.8. The number of anilines is 1. The summed E-state index contributed by atoms with van der Waals surface area (Å²) < 4.78 is 65.0. The number of aryl methyl sites for hydroxylation is 1. The molecule has 11 heteroatoms. The molecule has 38 heavy (non-hydrogen) atoms. The number of benzene rings is 2. The number of halogens is 2. The quantitative estimate of drug-likeness (QED) is 0.296. The van der Waals surface area contributed by atoms with E-state index in [0.717, 1.165) is 4.31 Å². The maximum absolute atomic E-state index is 15.5. The molecule has 0 atom stereocenters. The maximum Gasteiger partial charge on any atom is 0.340 e. The topological polar surface area (TPSA) is 114 Å². The van der Waals surface area contributed by atoms with Crippen molar-refractivity contribution in [1.82, 2.24) is 4.98 Å². The molecular weight excluding hydrogens is 516 g/mol. The highest BCUT2D eigenvalue weighted by molar-refractivity contribution is 7.94. The first-order valence-electron chi connectivity index (χ1n) is 11.4. The average molecular weight is 540 g/mol. The van der Waals surface area contributed by atoms with Crippen molar-refractivity contribution >= 4 is 26.7 Å². The van der Waals surface area contributed by atoms with Crippen LogP contribution in [0.4, 0.5) is 14.5 Å². The van der Waals surface area contributed by atoms with Gasteiger partial charge in [0.15, 0.2) is 16.4 Å². The zero-order chi connectivity index (χ0) is 27.8. The molecule has 2 aromatic heterocycles. The summed E-state index contributed by atoms with van der Waals surface area (Å²) in [6.07, 6.45) is 1.21. The van der Waals surface area contributed by atoms with Crippen molar-refractivity contribution in [2.75, 3.05) is 11.4 Å². The molecular formula is C27H23F2N3O5S. The lowest BCUT2D eigenvalue weighted by molar-refractivity contribution is 0.422. The Balaban J connectivity index is 1.70. The third kappa shape index (κ3) is 4.70. The summed E-state index contributed by atoms with van der Waals surface area (Å²) in [6, 6.07) is 13.2. The van der Waals surface area contributed by atoms with Gasteiger partial charge < -0.3 is 9.15 Å². The predicted octanol–water partition coefficient (Wildman–Crippen LogP) is 5.23. The van der Waals surface area contributed by atoms with Crippen LogP contribution >= 0.6 is 0 Å². The largest absolute Gasteiger partial charge is 0.436 e. The molecule has 2 aromatic carbocycles. The fourth-order valence-electron chi connectivity index (χ4n) is 3.87. The van der Waals surface area contributed by atoms with Crippen molar-refractivity contribution in [3.05, 3.63) is 93.5 Å². The van der Waals surface area contributed by atoms with Crippen LogP contribution in [0.15, 0.2) is 63.9 Å². The monoisotopic (exact) mass is 539 g/mol. The van der Waals surface area contributed by atoms with E-state index < -0.39 is 32.0 Å². The second kappa shape index (κ2) is 9.87. The zero-order valence-electron chi connectivity index (χ0n) is 21.0. The summed E-state index contributed by atoms with van der Waals surface area (Å²) in [5, 5.41) is 9.83. The predicted molar refractivity (Wildman–Crippen MR) is 138 cm³/mol. The van der Waals surface area contributed by atoms with Crippen molar-refractivity contribution < 1.29 is 26.4 Å². The summed E-state index contributed by atoms with van der Waals surface area (Å²) in [6.45, 7) is 4.14. The van der Waals surface area contributed by atoms with E-state index in [2.05, 4.69) is 4.98 Å². The van der Waals surface area contributed by atoms with Gasteiger partial charge in [0.2, 0.25) is 0 Å². The molecule has 196 valence electrons. The molecule has 0 fully saturated rings. The highest BCUT2D eigenvalue weighted by Crippen LogP contribution is 2.31. The summed E-state index contributed by atoms with van der Waals surface area (Å²) >= 11 is 0. The van der Waals surface area contributed by atoms with Crippen molar-refractivity contribution in [3.8, 4) is 17.7 Å². The molecule has 0 saturated carbocycles. The smallest absolute Gasteiger partial charge is 0.340 e. The van der Waals surface area contributed by atoms with Gasteiger partial charge in [-0.05, 0) is 62.2 Å². The van der Waals surface area contributed by atoms with Crippen LogP contribution in [0.5, 0.6) is 11.6 Å². The van der Waals surface area contributed by atoms with E-state index in [0.29, 0.717) is 10.9 Å². The number of hydrogen-bond acceptors (Lipinski definition) is 7. The molecule has 4 rings (SSSR count). The number of sulfonamides is 1. The minimum atomic E-state index is -4.22. The van der Waals surface area contributed by atoms with Crippen LogP contribution in [0, 0.1) is 29.9 Å². The standard InChI is InChI=1S/C27H23F2N3O5S/c1-16-19-11-10-18(36-25-21(28)8-6-12-31-25)14-23(19)37-26(33)20(16)13-17-7-5-9-22(24(17)29)32(4)38(34,35)27(2,3)15-30/h5-12,14H,13H2,1-4H3. The highest BCUT2D eigenvalue weighted by atomic mass is 32.2. The van der Waals surface area contributed by atoms with Crippen LogP contribution in [0.2, 0.25) is 0 Å². The van der Waals surface area contributed by atoms with Gasteiger partial charge in [-0.3, -0.25) is 4.31 Å². The summed E-state index contributed by atoms with van der Waals surface area (Å²) in [5.74, 6) is -1.52. The Morgan fingerprint density at radius 2 is 1.89 bits per heavy atom. The fourth-order valence-corrected chi connectivity index (χ4v) is 5.07. The molecule has 0 amide bonds. The van der Waals surface area contributed by atoms with Crippen molar-refractivity contribution in [1.29, 1.82) is 5.26 Å². The molecule has 0 saturated heterocycles. The van der Waals surface area contributed by atoms with Gasteiger partial charge in [0.25, 0.3) is 15.9 Å². The maximum atomic E-state index is 15.5. The van der Waals surface area contributed by atoms with Crippen LogP contribution in [0.3, 0.4) is 0 Å². The number of ether oxygens (including phenoxy) is 1. The van der Waals surface area contributed by atoms with Crippen LogP contribution in [-0.4, -0.2) is 25.2 Å². The van der Waals surface area contributed by atoms with Gasteiger partial charge in [-0.15, -0.1) is 0 Å². The number of fused-ring (bicyclic) bond motifs is 1. The van der Waals surface area contributed by atoms with Gasteiger partial charge in [-0.2, -0.15) is 5.26 Å². The first-order valence-corrected chi connectivity index (χ1v) is 12.8. The van der Waals surface area contributed by atoms with E-state index in [9.17, 15) is 22.9 Å². The zero-order valence-corrected chi connectivity index (χ0v) is 21.8. The Hall–Kier alpha value is -4.30. The number of nitriles is 1. The number of nitrogens with zero attached hydrogens (tertiary/aromatic N) is 3. The van der Waals surface area contributed by atoms with Crippen molar-refractivity contribution in [2.45, 2.75) is 31.9 Å². The second-order valence-electron chi connectivity index (χ2n) is 9.07. The Labute approximate surface area is 217 Å². The van der Waals surface area contributed by atoms with Gasteiger partial charge in [0.1, 0.15) is 11.3 Å². The van der Waals surface area contributed by atoms with E-state index in [4.69, 9.17) is 9.15 Å². The minimum Gasteiger partial charge on any atom is -0.436 e. The highest BCUT2D eigenvalue weighted by Gasteiger charge is 2.39. The summed E-state index contributed by atoms with van der Waals surface area (Å²) in [7, 11) is -3.05. The Morgan fingerprint density at radius 3 is 2.58 bits per heavy atom. The minimum absolute atomic E-state index is 0.0691. The van der Waals surface area contributed by atoms with E-state index >= 15 is 4.39 Å². The van der Waals surface area contributed by atoms with Crippen LogP contribution in [-0.2, 0) is 16.4 Å². The van der Waals surface area contributed by atoms with Gasteiger partial charge in [0, 0.05) is 36.7 Å². The number of hydrogen-bond donors (Lipinski definition) is 0. The van der Waals surface area contributed by atoms with E-state index in [1.807, 2.05) is 0 Å². The van der Waals surface area contributed by atoms with Gasteiger partial charge in [0.05, 0.1) is 11.8 Å². The fraction of sp³-hybridized carbons (Fsp3) is 0.222. The summed E-state index contributed by atoms with van der Waals surface area (Å²) in [5.41, 5.74) is -0.00246. The van der Waals surface area contributed by atoms with Gasteiger partial charge in [-0.1, -0.05) is 12.1 Å². The SMILES string of the molecule is Cc1c(Cc2cccc(N(C)S(=O)(=O)C(C)(C)C#N)c2F)c(=O)oc2cc(Oc3ncccc3F)ccc12. The molecule has 4 aromatic rings. The molecule has 0 N–H and O–H groups in total. The van der Waals surface area contributed by atoms with Crippen molar-refractivity contribution in [2.24, 2.45) is 0 Å². The molecule has 0 unspecified atom stereocenters. The van der Waals surface area contributed by atoms with Crippen LogP contribution in [0.1, 0.15) is 30.5 Å². The molecule has 0 aliphatic carbocycles. The van der Waals surface area contributed by atoms with Crippen LogP contribution < -0.4 is 14.7 Å². The molecule has 0 aliphatic rings. The van der Waals surface area contributed by atoms with E-state index in [-0.39, 0.29) is 40.4 Å². The number of rotatable bonds is 7. The van der Waals surface area contributed by atoms with Crippen molar-refractivity contribution in [3.63, 3.8) is 0 Å². The van der Waals surface area contributed by atoms with E-state index in [1.165, 1.54) is 63.5 Å².